The van der Waals surface area contributed by atoms with Crippen molar-refractivity contribution in [2.45, 2.75) is 20.3 Å². The first-order chi connectivity index (χ1) is 4.20. The minimum Gasteiger partial charge on any atom is -0.396 e. The fourth-order valence-electron chi connectivity index (χ4n) is 0.836. The Bertz CT molecular complexity index is 55.9. The van der Waals surface area contributed by atoms with Crippen molar-refractivity contribution in [2.24, 2.45) is 11.8 Å². The third-order valence-corrected chi connectivity index (χ3v) is 1.43. The van der Waals surface area contributed by atoms with E-state index in [-0.39, 0.29) is 13.2 Å². The van der Waals surface area contributed by atoms with Crippen molar-refractivity contribution in [2.75, 3.05) is 13.2 Å². The van der Waals surface area contributed by atoms with E-state index in [1.807, 2.05) is 13.8 Å². The first-order valence-corrected chi connectivity index (χ1v) is 3.42. The van der Waals surface area contributed by atoms with Gasteiger partial charge >= 0.3 is 0 Å². The molecule has 0 fully saturated rings. The van der Waals surface area contributed by atoms with Crippen molar-refractivity contribution in [1.82, 2.24) is 0 Å². The van der Waals surface area contributed by atoms with Crippen LogP contribution in [0.1, 0.15) is 20.3 Å². The molecular weight excluding hydrogens is 116 g/mol. The molecule has 0 radical (unpaired) electrons. The summed E-state index contributed by atoms with van der Waals surface area (Å²) in [6.45, 7) is 4.41. The van der Waals surface area contributed by atoms with Crippen LogP contribution in [0, 0.1) is 11.8 Å². The molecule has 0 rings (SSSR count). The highest BCUT2D eigenvalue weighted by molar-refractivity contribution is 4.56. The molecule has 2 N–H and O–H groups in total. The lowest BCUT2D eigenvalue weighted by Crippen LogP contribution is -2.09. The van der Waals surface area contributed by atoms with Gasteiger partial charge in [0.05, 0.1) is 0 Å². The zero-order chi connectivity index (χ0) is 7.28. The van der Waals surface area contributed by atoms with Crippen LogP contribution in [0.3, 0.4) is 0 Å². The van der Waals surface area contributed by atoms with Gasteiger partial charge < -0.3 is 10.2 Å². The monoisotopic (exact) mass is 132 g/mol. The summed E-state index contributed by atoms with van der Waals surface area (Å²) in [6.07, 6.45) is 0.910. The molecule has 0 aliphatic heterocycles. The minimum absolute atomic E-state index is 0.227. The first-order valence-electron chi connectivity index (χ1n) is 3.42. The standard InChI is InChI=1S/C7H16O2/c1-6(4-8)3-7(2)5-9/h6-9H,3-5H2,1-2H3/t6-,7-/m1/s1. The Morgan fingerprint density at radius 1 is 1.00 bits per heavy atom. The molecule has 2 atom stereocenters. The number of aliphatic hydroxyl groups excluding tert-OH is 2. The van der Waals surface area contributed by atoms with E-state index >= 15 is 0 Å². The SMILES string of the molecule is C[C@@H](CO)C[C@@H](C)CO. The summed E-state index contributed by atoms with van der Waals surface area (Å²) in [5.41, 5.74) is 0. The van der Waals surface area contributed by atoms with Gasteiger partial charge in [-0.3, -0.25) is 0 Å². The van der Waals surface area contributed by atoms with Crippen LogP contribution in [-0.2, 0) is 0 Å². The van der Waals surface area contributed by atoms with E-state index in [1.165, 1.54) is 0 Å². The van der Waals surface area contributed by atoms with Crippen LogP contribution in [0.25, 0.3) is 0 Å². The summed E-state index contributed by atoms with van der Waals surface area (Å²) in [5.74, 6) is 0.652. The highest BCUT2D eigenvalue weighted by atomic mass is 16.3. The second-order valence-corrected chi connectivity index (χ2v) is 2.81. The van der Waals surface area contributed by atoms with Crippen LogP contribution in [0.5, 0.6) is 0 Å². The third kappa shape index (κ3) is 4.43. The number of hydrogen-bond donors (Lipinski definition) is 2. The first kappa shape index (κ1) is 8.92. The molecule has 2 heteroatoms. The van der Waals surface area contributed by atoms with E-state index in [1.54, 1.807) is 0 Å². The molecule has 0 saturated heterocycles. The van der Waals surface area contributed by atoms with E-state index < -0.39 is 0 Å². The van der Waals surface area contributed by atoms with Crippen LogP contribution < -0.4 is 0 Å². The topological polar surface area (TPSA) is 40.5 Å². The third-order valence-electron chi connectivity index (χ3n) is 1.43. The molecule has 56 valence electrons. The van der Waals surface area contributed by atoms with E-state index in [9.17, 15) is 0 Å². The Hall–Kier alpha value is -0.0800. The summed E-state index contributed by atoms with van der Waals surface area (Å²) >= 11 is 0. The van der Waals surface area contributed by atoms with Gasteiger partial charge in [-0.25, -0.2) is 0 Å². The number of hydrogen-bond acceptors (Lipinski definition) is 2. The van der Waals surface area contributed by atoms with Gasteiger partial charge in [0.1, 0.15) is 0 Å². The lowest BCUT2D eigenvalue weighted by molar-refractivity contribution is 0.177. The van der Waals surface area contributed by atoms with Crippen LogP contribution in [-0.4, -0.2) is 23.4 Å². The Morgan fingerprint density at radius 3 is 1.56 bits per heavy atom. The van der Waals surface area contributed by atoms with Gasteiger partial charge in [0, 0.05) is 13.2 Å². The smallest absolute Gasteiger partial charge is 0.0456 e. The molecule has 0 spiro atoms. The molecule has 2 nitrogen and oxygen atoms in total. The van der Waals surface area contributed by atoms with Gasteiger partial charge in [-0.1, -0.05) is 13.8 Å². The van der Waals surface area contributed by atoms with Gasteiger partial charge in [-0.2, -0.15) is 0 Å². The van der Waals surface area contributed by atoms with Crippen molar-refractivity contribution in [1.29, 1.82) is 0 Å². The average Bonchev–Trinajstić information content (AvgIpc) is 1.87. The molecule has 0 heterocycles. The molecule has 0 aromatic rings. The number of aliphatic hydroxyl groups is 2. The van der Waals surface area contributed by atoms with Crippen molar-refractivity contribution in [3.63, 3.8) is 0 Å². The fourth-order valence-corrected chi connectivity index (χ4v) is 0.836. The summed E-state index contributed by atoms with van der Waals surface area (Å²) in [4.78, 5) is 0. The van der Waals surface area contributed by atoms with Crippen LogP contribution >= 0.6 is 0 Å². The quantitative estimate of drug-likeness (QED) is 0.589. The van der Waals surface area contributed by atoms with Gasteiger partial charge in [-0.15, -0.1) is 0 Å². The predicted molar refractivity (Wildman–Crippen MR) is 37.1 cm³/mol. The van der Waals surface area contributed by atoms with Crippen molar-refractivity contribution in [3.05, 3.63) is 0 Å². The molecular formula is C7H16O2. The van der Waals surface area contributed by atoms with E-state index in [2.05, 4.69) is 0 Å². The fraction of sp³-hybridized carbons (Fsp3) is 1.00. The van der Waals surface area contributed by atoms with Gasteiger partial charge in [0.2, 0.25) is 0 Å². The summed E-state index contributed by atoms with van der Waals surface area (Å²) in [5, 5.41) is 17.2. The lowest BCUT2D eigenvalue weighted by Gasteiger charge is -2.11. The molecule has 0 aliphatic carbocycles. The van der Waals surface area contributed by atoms with E-state index in [0.717, 1.165) is 6.42 Å². The van der Waals surface area contributed by atoms with Crippen molar-refractivity contribution in [3.8, 4) is 0 Å². The predicted octanol–water partition coefficient (Wildman–Crippen LogP) is 0.633. The maximum atomic E-state index is 8.60. The maximum absolute atomic E-state index is 8.60. The minimum atomic E-state index is 0.227. The van der Waals surface area contributed by atoms with Crippen LogP contribution in [0.2, 0.25) is 0 Å². The molecule has 0 aromatic heterocycles. The Labute approximate surface area is 56.5 Å². The Kier molecular flexibility index (Phi) is 4.72. The number of rotatable bonds is 4. The maximum Gasteiger partial charge on any atom is 0.0456 e. The summed E-state index contributed by atoms with van der Waals surface area (Å²) in [6, 6.07) is 0. The summed E-state index contributed by atoms with van der Waals surface area (Å²) in [7, 11) is 0. The average molecular weight is 132 g/mol. The molecule has 0 aliphatic rings. The largest absolute Gasteiger partial charge is 0.396 e. The molecule has 0 saturated carbocycles. The van der Waals surface area contributed by atoms with Gasteiger partial charge in [0.25, 0.3) is 0 Å². The summed E-state index contributed by atoms with van der Waals surface area (Å²) < 4.78 is 0. The lowest BCUT2D eigenvalue weighted by atomic mass is 9.99. The van der Waals surface area contributed by atoms with Gasteiger partial charge in [-0.05, 0) is 18.3 Å². The normalized spacial score (nSPS) is 17.3. The van der Waals surface area contributed by atoms with Crippen molar-refractivity contribution >= 4 is 0 Å². The molecule has 0 unspecified atom stereocenters. The zero-order valence-corrected chi connectivity index (χ0v) is 6.17. The molecule has 0 amide bonds. The van der Waals surface area contributed by atoms with E-state index in [4.69, 9.17) is 10.2 Å². The zero-order valence-electron chi connectivity index (χ0n) is 6.17. The van der Waals surface area contributed by atoms with Crippen LogP contribution in [0.15, 0.2) is 0 Å². The van der Waals surface area contributed by atoms with Gasteiger partial charge in [0.15, 0.2) is 0 Å². The highest BCUT2D eigenvalue weighted by Gasteiger charge is 2.05. The van der Waals surface area contributed by atoms with Crippen molar-refractivity contribution < 1.29 is 10.2 Å². The van der Waals surface area contributed by atoms with Crippen LogP contribution in [0.4, 0.5) is 0 Å². The molecule has 0 bridgehead atoms. The molecule has 0 aromatic carbocycles. The Morgan fingerprint density at radius 2 is 1.33 bits per heavy atom. The highest BCUT2D eigenvalue weighted by Crippen LogP contribution is 2.09. The molecule has 9 heavy (non-hydrogen) atoms. The second kappa shape index (κ2) is 4.77. The Balaban J connectivity index is 3.22. The van der Waals surface area contributed by atoms with E-state index in [0.29, 0.717) is 11.8 Å². The second-order valence-electron chi connectivity index (χ2n) is 2.81.